The van der Waals surface area contributed by atoms with Gasteiger partial charge in [-0.1, -0.05) is 18.2 Å². The Hall–Kier alpha value is -1.53. The first-order valence-corrected chi connectivity index (χ1v) is 7.60. The standard InChI is InChI=1S/C11H11NO3S2/c1-17(13,14)12-11-10(7-8-16-11)15-9-5-3-2-4-6-9/h2-8,12H,1H3. The van der Waals surface area contributed by atoms with Crippen LogP contribution >= 0.6 is 11.3 Å². The molecule has 0 spiro atoms. The van der Waals surface area contributed by atoms with E-state index in [1.54, 1.807) is 11.4 Å². The molecule has 1 heterocycles. The summed E-state index contributed by atoms with van der Waals surface area (Å²) in [5.74, 6) is 1.18. The molecule has 0 saturated carbocycles. The topological polar surface area (TPSA) is 55.4 Å². The van der Waals surface area contributed by atoms with Crippen LogP contribution in [0.15, 0.2) is 41.8 Å². The van der Waals surface area contributed by atoms with Crippen LogP contribution in [0, 0.1) is 0 Å². The Bertz CT molecular complexity index is 590. The first kappa shape index (κ1) is 11.9. The van der Waals surface area contributed by atoms with Crippen molar-refractivity contribution in [2.24, 2.45) is 0 Å². The lowest BCUT2D eigenvalue weighted by Gasteiger charge is -2.07. The highest BCUT2D eigenvalue weighted by Gasteiger charge is 2.10. The summed E-state index contributed by atoms with van der Waals surface area (Å²) in [5.41, 5.74) is 0. The Labute approximate surface area is 104 Å². The van der Waals surface area contributed by atoms with E-state index in [1.807, 2.05) is 30.3 Å². The van der Waals surface area contributed by atoms with Gasteiger partial charge in [0.15, 0.2) is 5.75 Å². The minimum atomic E-state index is -3.28. The zero-order chi connectivity index (χ0) is 12.3. The fourth-order valence-corrected chi connectivity index (χ4v) is 2.87. The molecule has 17 heavy (non-hydrogen) atoms. The summed E-state index contributed by atoms with van der Waals surface area (Å²) in [5, 5.41) is 2.25. The molecular weight excluding hydrogens is 258 g/mol. The molecule has 4 nitrogen and oxygen atoms in total. The van der Waals surface area contributed by atoms with Gasteiger partial charge in [0.05, 0.1) is 6.26 Å². The molecule has 0 bridgehead atoms. The van der Waals surface area contributed by atoms with Crippen molar-refractivity contribution in [3.63, 3.8) is 0 Å². The molecule has 0 unspecified atom stereocenters. The first-order valence-electron chi connectivity index (χ1n) is 4.83. The zero-order valence-corrected chi connectivity index (χ0v) is 10.7. The number of ether oxygens (including phenoxy) is 1. The quantitative estimate of drug-likeness (QED) is 0.928. The molecule has 6 heteroatoms. The highest BCUT2D eigenvalue weighted by molar-refractivity contribution is 7.92. The van der Waals surface area contributed by atoms with E-state index in [2.05, 4.69) is 4.72 Å². The monoisotopic (exact) mass is 269 g/mol. The van der Waals surface area contributed by atoms with Crippen LogP contribution in [0.5, 0.6) is 11.5 Å². The fourth-order valence-electron chi connectivity index (χ4n) is 1.24. The van der Waals surface area contributed by atoms with E-state index in [1.165, 1.54) is 11.3 Å². The molecule has 0 radical (unpaired) electrons. The van der Waals surface area contributed by atoms with Crippen LogP contribution in [0.2, 0.25) is 0 Å². The predicted octanol–water partition coefficient (Wildman–Crippen LogP) is 2.91. The van der Waals surface area contributed by atoms with Gasteiger partial charge in [0, 0.05) is 0 Å². The third-order valence-electron chi connectivity index (χ3n) is 1.88. The Morgan fingerprint density at radius 1 is 1.18 bits per heavy atom. The van der Waals surface area contributed by atoms with Crippen LogP contribution in [-0.2, 0) is 10.0 Å². The molecule has 0 saturated heterocycles. The highest BCUT2D eigenvalue weighted by atomic mass is 32.2. The second-order valence-electron chi connectivity index (χ2n) is 3.40. The number of sulfonamides is 1. The van der Waals surface area contributed by atoms with Crippen molar-refractivity contribution in [2.75, 3.05) is 11.0 Å². The number of nitrogens with one attached hydrogen (secondary N) is 1. The molecule has 0 aliphatic heterocycles. The summed E-state index contributed by atoms with van der Waals surface area (Å²) in [7, 11) is -3.28. The molecule has 2 aromatic rings. The van der Waals surface area contributed by atoms with Gasteiger partial charge in [-0.15, -0.1) is 11.3 Å². The summed E-state index contributed by atoms with van der Waals surface area (Å²) >= 11 is 1.28. The number of thiophene rings is 1. The molecule has 0 aliphatic carbocycles. The number of hydrogen-bond acceptors (Lipinski definition) is 4. The van der Waals surface area contributed by atoms with Crippen molar-refractivity contribution in [2.45, 2.75) is 0 Å². The Morgan fingerprint density at radius 2 is 1.88 bits per heavy atom. The molecule has 0 aliphatic rings. The maximum Gasteiger partial charge on any atom is 0.230 e. The van der Waals surface area contributed by atoms with E-state index in [4.69, 9.17) is 4.74 Å². The van der Waals surface area contributed by atoms with E-state index in [0.717, 1.165) is 6.26 Å². The van der Waals surface area contributed by atoms with Crippen molar-refractivity contribution < 1.29 is 13.2 Å². The number of anilines is 1. The number of benzene rings is 1. The lowest BCUT2D eigenvalue weighted by molar-refractivity contribution is 0.487. The molecule has 1 aromatic heterocycles. The summed E-state index contributed by atoms with van der Waals surface area (Å²) in [6, 6.07) is 10.9. The van der Waals surface area contributed by atoms with Crippen LogP contribution < -0.4 is 9.46 Å². The molecule has 1 aromatic carbocycles. The lowest BCUT2D eigenvalue weighted by Crippen LogP contribution is -2.08. The van der Waals surface area contributed by atoms with E-state index in [9.17, 15) is 8.42 Å². The van der Waals surface area contributed by atoms with Gasteiger partial charge in [0.2, 0.25) is 10.0 Å². The third kappa shape index (κ3) is 3.47. The number of rotatable bonds is 4. The molecule has 0 fully saturated rings. The smallest absolute Gasteiger partial charge is 0.230 e. The number of para-hydroxylation sites is 1. The maximum absolute atomic E-state index is 11.1. The van der Waals surface area contributed by atoms with E-state index in [-0.39, 0.29) is 0 Å². The van der Waals surface area contributed by atoms with Crippen molar-refractivity contribution in [1.29, 1.82) is 0 Å². The zero-order valence-electron chi connectivity index (χ0n) is 9.08. The fraction of sp³-hybridized carbons (Fsp3) is 0.0909. The average Bonchev–Trinajstić information content (AvgIpc) is 2.65. The minimum absolute atomic E-state index is 0.483. The van der Waals surface area contributed by atoms with Crippen LogP contribution in [0.25, 0.3) is 0 Å². The normalized spacial score (nSPS) is 11.1. The second kappa shape index (κ2) is 4.77. The Balaban J connectivity index is 2.20. The highest BCUT2D eigenvalue weighted by Crippen LogP contribution is 2.34. The van der Waals surface area contributed by atoms with E-state index < -0.39 is 10.0 Å². The van der Waals surface area contributed by atoms with Gasteiger partial charge in [-0.25, -0.2) is 8.42 Å². The molecule has 2 rings (SSSR count). The third-order valence-corrected chi connectivity index (χ3v) is 3.39. The average molecular weight is 269 g/mol. The van der Waals surface area contributed by atoms with Crippen LogP contribution in [0.3, 0.4) is 0 Å². The van der Waals surface area contributed by atoms with Gasteiger partial charge in [-0.05, 0) is 23.6 Å². The molecule has 90 valence electrons. The summed E-state index contributed by atoms with van der Waals surface area (Å²) < 4.78 is 30.3. The van der Waals surface area contributed by atoms with Gasteiger partial charge in [-0.3, -0.25) is 4.72 Å². The molecular formula is C11H11NO3S2. The van der Waals surface area contributed by atoms with Gasteiger partial charge < -0.3 is 4.74 Å². The van der Waals surface area contributed by atoms with Gasteiger partial charge in [-0.2, -0.15) is 0 Å². The maximum atomic E-state index is 11.1. The van der Waals surface area contributed by atoms with Crippen molar-refractivity contribution >= 4 is 26.4 Å². The molecule has 0 atom stereocenters. The van der Waals surface area contributed by atoms with Crippen molar-refractivity contribution in [3.05, 3.63) is 41.8 Å². The van der Waals surface area contributed by atoms with Crippen LogP contribution in [0.4, 0.5) is 5.00 Å². The van der Waals surface area contributed by atoms with Crippen LogP contribution in [-0.4, -0.2) is 14.7 Å². The summed E-state index contributed by atoms with van der Waals surface area (Å²) in [6.45, 7) is 0. The van der Waals surface area contributed by atoms with Gasteiger partial charge in [0.25, 0.3) is 0 Å². The van der Waals surface area contributed by atoms with Gasteiger partial charge in [0.1, 0.15) is 10.8 Å². The minimum Gasteiger partial charge on any atom is -0.454 e. The second-order valence-corrected chi connectivity index (χ2v) is 6.07. The first-order chi connectivity index (χ1) is 8.04. The molecule has 1 N–H and O–H groups in total. The Kier molecular flexibility index (Phi) is 3.35. The predicted molar refractivity (Wildman–Crippen MR) is 69.3 cm³/mol. The van der Waals surface area contributed by atoms with Crippen molar-refractivity contribution in [1.82, 2.24) is 0 Å². The summed E-state index contributed by atoms with van der Waals surface area (Å²) in [6.07, 6.45) is 1.11. The van der Waals surface area contributed by atoms with Gasteiger partial charge >= 0.3 is 0 Å². The number of hydrogen-bond donors (Lipinski definition) is 1. The van der Waals surface area contributed by atoms with Crippen molar-refractivity contribution in [3.8, 4) is 11.5 Å². The SMILES string of the molecule is CS(=O)(=O)Nc1sccc1Oc1ccccc1. The van der Waals surface area contributed by atoms with E-state index in [0.29, 0.717) is 16.5 Å². The van der Waals surface area contributed by atoms with E-state index >= 15 is 0 Å². The largest absolute Gasteiger partial charge is 0.454 e. The molecule has 0 amide bonds. The van der Waals surface area contributed by atoms with Crippen LogP contribution in [0.1, 0.15) is 0 Å². The lowest BCUT2D eigenvalue weighted by atomic mass is 10.3. The Morgan fingerprint density at radius 3 is 2.53 bits per heavy atom. The summed E-state index contributed by atoms with van der Waals surface area (Å²) in [4.78, 5) is 0.